The van der Waals surface area contributed by atoms with Gasteiger partial charge in [-0.05, 0) is 55.5 Å². The van der Waals surface area contributed by atoms with E-state index in [0.29, 0.717) is 54.2 Å². The van der Waals surface area contributed by atoms with Crippen LogP contribution < -0.4 is 5.32 Å². The summed E-state index contributed by atoms with van der Waals surface area (Å²) in [5.41, 5.74) is 0.436. The largest absolute Gasteiger partial charge is 0.354 e. The number of halogens is 2. The highest BCUT2D eigenvalue weighted by Gasteiger charge is 2.51. The highest BCUT2D eigenvalue weighted by atomic mass is 35.5. The lowest BCUT2D eigenvalue weighted by Crippen LogP contribution is -2.51. The quantitative estimate of drug-likeness (QED) is 0.447. The Morgan fingerprint density at radius 1 is 1.06 bits per heavy atom. The van der Waals surface area contributed by atoms with Crippen LogP contribution >= 0.6 is 23.2 Å². The molecule has 3 aliphatic rings. The number of hydrogen-bond donors (Lipinski definition) is 1. The van der Waals surface area contributed by atoms with Gasteiger partial charge in [0.2, 0.25) is 5.91 Å². The maximum absolute atomic E-state index is 13.1. The van der Waals surface area contributed by atoms with Crippen LogP contribution in [0, 0.1) is 5.92 Å². The molecule has 9 heteroatoms. The zero-order valence-electron chi connectivity index (χ0n) is 19.6. The van der Waals surface area contributed by atoms with Gasteiger partial charge in [0.15, 0.2) is 5.84 Å². The lowest BCUT2D eigenvalue weighted by atomic mass is 10.1. The molecule has 0 radical (unpaired) electrons. The minimum absolute atomic E-state index is 0.0102. The van der Waals surface area contributed by atoms with Gasteiger partial charge >= 0.3 is 0 Å². The number of carbonyl (C=O) groups excluding carboxylic acids is 2. The molecule has 184 valence electrons. The molecular weight excluding hydrogens is 485 g/mol. The number of piperazine rings is 1. The molecule has 2 heterocycles. The predicted octanol–water partition coefficient (Wildman–Crippen LogP) is 4.04. The Bertz CT molecular complexity index is 1120. The predicted molar refractivity (Wildman–Crippen MR) is 137 cm³/mol. The second kappa shape index (κ2) is 10.2. The molecule has 0 spiro atoms. The molecule has 1 aliphatic heterocycles. The minimum atomic E-state index is -0.711. The van der Waals surface area contributed by atoms with Gasteiger partial charge < -0.3 is 15.1 Å². The zero-order chi connectivity index (χ0) is 24.4. The summed E-state index contributed by atoms with van der Waals surface area (Å²) in [6.07, 6.45) is 6.82. The highest BCUT2D eigenvalue weighted by molar-refractivity contribution is 6.35. The summed E-state index contributed by atoms with van der Waals surface area (Å²) in [4.78, 5) is 39.5. The third-order valence-corrected chi connectivity index (χ3v) is 7.49. The normalized spacial score (nSPS) is 19.4. The van der Waals surface area contributed by atoms with E-state index >= 15 is 0 Å². The van der Waals surface area contributed by atoms with Gasteiger partial charge in [0.1, 0.15) is 11.2 Å². The fraction of sp³-hybridized carbons (Fsp3) is 0.462. The lowest BCUT2D eigenvalue weighted by Gasteiger charge is -2.37. The van der Waals surface area contributed by atoms with Crippen molar-refractivity contribution in [3.63, 3.8) is 0 Å². The maximum atomic E-state index is 13.1. The summed E-state index contributed by atoms with van der Waals surface area (Å²) in [5, 5.41) is 3.97. The molecule has 7 nitrogen and oxygen atoms in total. The topological polar surface area (TPSA) is 77.9 Å². The number of aliphatic imine (C=N–C) groups is 1. The maximum Gasteiger partial charge on any atom is 0.255 e. The van der Waals surface area contributed by atoms with E-state index in [-0.39, 0.29) is 11.8 Å². The molecule has 35 heavy (non-hydrogen) atoms. The number of rotatable bonds is 7. The van der Waals surface area contributed by atoms with Crippen LogP contribution in [0.2, 0.25) is 10.0 Å². The molecular formula is C26H29Cl2N5O2. The first-order valence-corrected chi connectivity index (χ1v) is 13.0. The average molecular weight is 514 g/mol. The summed E-state index contributed by atoms with van der Waals surface area (Å²) in [5.74, 6) is 1.37. The molecule has 2 saturated carbocycles. The Hall–Kier alpha value is -2.64. The van der Waals surface area contributed by atoms with Gasteiger partial charge in [-0.3, -0.25) is 14.6 Å². The van der Waals surface area contributed by atoms with Crippen LogP contribution in [0.1, 0.15) is 48.2 Å². The van der Waals surface area contributed by atoms with Crippen LogP contribution in [0.3, 0.4) is 0 Å². The van der Waals surface area contributed by atoms with E-state index < -0.39 is 5.54 Å². The van der Waals surface area contributed by atoms with Crippen molar-refractivity contribution in [3.8, 4) is 0 Å². The fourth-order valence-electron chi connectivity index (χ4n) is 4.41. The smallest absolute Gasteiger partial charge is 0.255 e. The first-order valence-electron chi connectivity index (χ1n) is 12.2. The highest BCUT2D eigenvalue weighted by Crippen LogP contribution is 2.41. The van der Waals surface area contributed by atoms with Crippen LogP contribution in [0.5, 0.6) is 0 Å². The van der Waals surface area contributed by atoms with Crippen molar-refractivity contribution in [2.75, 3.05) is 32.7 Å². The third kappa shape index (κ3) is 5.62. The van der Waals surface area contributed by atoms with E-state index in [1.807, 2.05) is 18.2 Å². The molecule has 0 atom stereocenters. The van der Waals surface area contributed by atoms with Crippen molar-refractivity contribution in [3.05, 3.63) is 63.9 Å². The van der Waals surface area contributed by atoms with E-state index in [9.17, 15) is 9.59 Å². The van der Waals surface area contributed by atoms with Crippen LogP contribution in [-0.4, -0.2) is 70.7 Å². The molecule has 2 amide bonds. The summed E-state index contributed by atoms with van der Waals surface area (Å²) in [6.45, 7) is 2.90. The fourth-order valence-corrected chi connectivity index (χ4v) is 4.78. The van der Waals surface area contributed by atoms with Gasteiger partial charge in [-0.25, -0.2) is 4.99 Å². The van der Waals surface area contributed by atoms with Gasteiger partial charge in [-0.2, -0.15) is 0 Å². The van der Waals surface area contributed by atoms with Gasteiger partial charge in [0.25, 0.3) is 5.91 Å². The first kappa shape index (κ1) is 24.1. The first-order chi connectivity index (χ1) is 16.9. The van der Waals surface area contributed by atoms with Crippen molar-refractivity contribution < 1.29 is 9.59 Å². The second-order valence-electron chi connectivity index (χ2n) is 9.57. The van der Waals surface area contributed by atoms with Crippen molar-refractivity contribution in [1.29, 1.82) is 0 Å². The number of amides is 2. The zero-order valence-corrected chi connectivity index (χ0v) is 21.1. The van der Waals surface area contributed by atoms with Crippen LogP contribution in [-0.2, 0) is 4.79 Å². The molecule has 3 fully saturated rings. The van der Waals surface area contributed by atoms with Gasteiger partial charge in [-0.1, -0.05) is 42.1 Å². The second-order valence-corrected chi connectivity index (χ2v) is 10.4. The average Bonchev–Trinajstić information content (AvgIpc) is 3.81. The summed E-state index contributed by atoms with van der Waals surface area (Å²) < 4.78 is 0. The van der Waals surface area contributed by atoms with Crippen molar-refractivity contribution in [2.24, 2.45) is 10.9 Å². The van der Waals surface area contributed by atoms with E-state index in [2.05, 4.69) is 15.2 Å². The molecule has 0 unspecified atom stereocenters. The monoisotopic (exact) mass is 513 g/mol. The van der Waals surface area contributed by atoms with Crippen LogP contribution in [0.25, 0.3) is 0 Å². The number of amidine groups is 1. The minimum Gasteiger partial charge on any atom is -0.354 e. The Kier molecular flexibility index (Phi) is 6.98. The number of benzene rings is 1. The lowest BCUT2D eigenvalue weighted by molar-refractivity contribution is -0.123. The number of nitrogens with one attached hydrogen (secondary N) is 1. The van der Waals surface area contributed by atoms with Crippen molar-refractivity contribution in [1.82, 2.24) is 20.1 Å². The third-order valence-electron chi connectivity index (χ3n) is 6.92. The van der Waals surface area contributed by atoms with E-state index in [1.54, 1.807) is 29.3 Å². The number of pyridine rings is 1. The summed E-state index contributed by atoms with van der Waals surface area (Å²) in [6, 6.07) is 10.6. The Morgan fingerprint density at radius 2 is 1.80 bits per heavy atom. The van der Waals surface area contributed by atoms with Gasteiger partial charge in [0, 0.05) is 43.9 Å². The number of aromatic nitrogens is 1. The van der Waals surface area contributed by atoms with Gasteiger partial charge in [0.05, 0.1) is 10.6 Å². The summed E-state index contributed by atoms with van der Waals surface area (Å²) in [7, 11) is 0. The number of hydrogen-bond acceptors (Lipinski definition) is 4. The van der Waals surface area contributed by atoms with E-state index in [4.69, 9.17) is 28.2 Å². The van der Waals surface area contributed by atoms with E-state index in [1.165, 1.54) is 12.8 Å². The molecule has 2 aromatic rings. The Labute approximate surface area is 215 Å². The SMILES string of the molecule is O=C(c1cc(Cl)ccc1Cl)N1CCN(C(=NC2(C(=O)NCCC3CC3)CC2)c2ccccn2)CC1. The van der Waals surface area contributed by atoms with Gasteiger partial charge in [-0.15, -0.1) is 0 Å². The Balaban J connectivity index is 1.30. The standard InChI is InChI=1S/C26H29Cl2N5O2/c27-19-6-7-21(28)20(17-19)24(34)33-15-13-32(14-16-33)23(22-3-1-2-11-29-22)31-26(9-10-26)25(35)30-12-8-18-4-5-18/h1-3,6-7,11,17-18H,4-5,8-10,12-16H2,(H,30,35). The van der Waals surface area contributed by atoms with Crippen LogP contribution in [0.4, 0.5) is 0 Å². The molecule has 1 saturated heterocycles. The molecule has 2 aliphatic carbocycles. The molecule has 1 N–H and O–H groups in total. The Morgan fingerprint density at radius 3 is 2.46 bits per heavy atom. The molecule has 5 rings (SSSR count). The number of nitrogens with zero attached hydrogens (tertiary/aromatic N) is 4. The molecule has 1 aromatic heterocycles. The number of carbonyl (C=O) groups is 2. The molecule has 1 aromatic carbocycles. The van der Waals surface area contributed by atoms with Crippen molar-refractivity contribution >= 4 is 40.9 Å². The summed E-state index contributed by atoms with van der Waals surface area (Å²) >= 11 is 12.3. The van der Waals surface area contributed by atoms with E-state index in [0.717, 1.165) is 30.9 Å². The molecule has 0 bridgehead atoms. The van der Waals surface area contributed by atoms with Crippen molar-refractivity contribution in [2.45, 2.75) is 37.6 Å². The van der Waals surface area contributed by atoms with Crippen LogP contribution in [0.15, 0.2) is 47.6 Å².